The minimum atomic E-state index is 0.0511. The maximum atomic E-state index is 12.1. The van der Waals surface area contributed by atoms with Gasteiger partial charge in [-0.25, -0.2) is 4.79 Å². The molecule has 0 aromatic heterocycles. The van der Waals surface area contributed by atoms with E-state index in [-0.39, 0.29) is 6.03 Å². The van der Waals surface area contributed by atoms with E-state index in [0.29, 0.717) is 11.3 Å². The van der Waals surface area contributed by atoms with Crippen molar-refractivity contribution in [3.8, 4) is 0 Å². The number of hydrogen-bond donors (Lipinski definition) is 1. The largest absolute Gasteiger partial charge is 0.338 e. The lowest BCUT2D eigenvalue weighted by Crippen LogP contribution is -2.41. The smallest absolute Gasteiger partial charge is 0.317 e. The van der Waals surface area contributed by atoms with Crippen LogP contribution in [-0.4, -0.2) is 56.6 Å². The molecule has 2 atom stereocenters. The van der Waals surface area contributed by atoms with Crippen molar-refractivity contribution >= 4 is 6.03 Å². The second-order valence-corrected chi connectivity index (χ2v) is 7.13. The van der Waals surface area contributed by atoms with E-state index in [1.54, 1.807) is 4.90 Å². The molecule has 2 aliphatic carbocycles. The Morgan fingerprint density at radius 2 is 2.05 bits per heavy atom. The molecule has 1 fully saturated rings. The quantitative estimate of drug-likeness (QED) is 0.904. The summed E-state index contributed by atoms with van der Waals surface area (Å²) in [5, 5.41) is 3.12. The van der Waals surface area contributed by atoms with Gasteiger partial charge in [0, 0.05) is 32.1 Å². The number of benzene rings is 1. The molecule has 1 saturated carbocycles. The first-order valence-corrected chi connectivity index (χ1v) is 8.25. The normalized spacial score (nSPS) is 25.4. The number of amides is 2. The Morgan fingerprint density at radius 3 is 2.82 bits per heavy atom. The SMILES string of the molecule is CN(C)CCN(C)C(=O)NC[C@@H]1C[C@@]12CCc1ccccc12. The van der Waals surface area contributed by atoms with Crippen LogP contribution in [0.25, 0.3) is 0 Å². The van der Waals surface area contributed by atoms with Crippen molar-refractivity contribution < 1.29 is 4.79 Å². The number of aryl methyl sites for hydroxylation is 1. The number of urea groups is 1. The molecule has 0 bridgehead atoms. The molecule has 1 aromatic rings. The van der Waals surface area contributed by atoms with Gasteiger partial charge in [0.25, 0.3) is 0 Å². The van der Waals surface area contributed by atoms with E-state index < -0.39 is 0 Å². The average Bonchev–Trinajstić information content (AvgIpc) is 3.09. The van der Waals surface area contributed by atoms with Crippen LogP contribution >= 0.6 is 0 Å². The van der Waals surface area contributed by atoms with E-state index >= 15 is 0 Å². The topological polar surface area (TPSA) is 35.6 Å². The molecule has 4 heteroatoms. The highest BCUT2D eigenvalue weighted by Gasteiger charge is 2.57. The zero-order valence-corrected chi connectivity index (χ0v) is 13.9. The van der Waals surface area contributed by atoms with Crippen LogP contribution in [0.5, 0.6) is 0 Å². The van der Waals surface area contributed by atoms with E-state index in [2.05, 4.69) is 34.5 Å². The fraction of sp³-hybridized carbons (Fsp3) is 0.611. The molecular weight excluding hydrogens is 274 g/mol. The number of carbonyl (C=O) groups excluding carboxylic acids is 1. The summed E-state index contributed by atoms with van der Waals surface area (Å²) in [5.74, 6) is 0.613. The van der Waals surface area contributed by atoms with E-state index in [4.69, 9.17) is 0 Å². The van der Waals surface area contributed by atoms with Crippen LogP contribution in [0.2, 0.25) is 0 Å². The van der Waals surface area contributed by atoms with Crippen molar-refractivity contribution in [2.45, 2.75) is 24.7 Å². The standard InChI is InChI=1S/C18H27N3O/c1-20(2)10-11-21(3)17(22)19-13-15-12-18(15)9-8-14-6-4-5-7-16(14)18/h4-7,15H,8-13H2,1-3H3,(H,19,22)/t15-,18-/m0/s1. The van der Waals surface area contributed by atoms with E-state index in [1.165, 1.54) is 30.4 Å². The number of fused-ring (bicyclic) bond motifs is 2. The minimum Gasteiger partial charge on any atom is -0.338 e. The summed E-state index contributed by atoms with van der Waals surface area (Å²) in [4.78, 5) is 16.0. The van der Waals surface area contributed by atoms with Crippen molar-refractivity contribution in [3.63, 3.8) is 0 Å². The van der Waals surface area contributed by atoms with Gasteiger partial charge >= 0.3 is 6.03 Å². The summed E-state index contributed by atoms with van der Waals surface area (Å²) >= 11 is 0. The number of hydrogen-bond acceptors (Lipinski definition) is 2. The Kier molecular flexibility index (Phi) is 4.13. The molecule has 1 aromatic carbocycles. The maximum Gasteiger partial charge on any atom is 0.317 e. The third-order valence-corrected chi connectivity index (χ3v) is 5.36. The van der Waals surface area contributed by atoms with Crippen molar-refractivity contribution in [3.05, 3.63) is 35.4 Å². The van der Waals surface area contributed by atoms with Gasteiger partial charge in [-0.05, 0) is 50.4 Å². The number of rotatable bonds is 5. The average molecular weight is 301 g/mol. The molecule has 2 amide bonds. The van der Waals surface area contributed by atoms with Crippen LogP contribution in [0.1, 0.15) is 24.0 Å². The van der Waals surface area contributed by atoms with Gasteiger partial charge in [-0.15, -0.1) is 0 Å². The first-order chi connectivity index (χ1) is 10.5. The first kappa shape index (κ1) is 15.3. The van der Waals surface area contributed by atoms with E-state index in [1.807, 2.05) is 21.1 Å². The molecule has 0 aliphatic heterocycles. The monoisotopic (exact) mass is 301 g/mol. The maximum absolute atomic E-state index is 12.1. The van der Waals surface area contributed by atoms with Crippen molar-refractivity contribution in [1.82, 2.24) is 15.1 Å². The molecule has 4 nitrogen and oxygen atoms in total. The second-order valence-electron chi connectivity index (χ2n) is 7.13. The van der Waals surface area contributed by atoms with Gasteiger partial charge in [0.1, 0.15) is 0 Å². The fourth-order valence-corrected chi connectivity index (χ4v) is 3.80. The summed E-state index contributed by atoms with van der Waals surface area (Å²) in [6.45, 7) is 2.46. The van der Waals surface area contributed by atoms with Gasteiger partial charge in [0.15, 0.2) is 0 Å². The second kappa shape index (κ2) is 5.92. The Hall–Kier alpha value is -1.55. The van der Waals surface area contributed by atoms with Crippen LogP contribution in [0.3, 0.4) is 0 Å². The van der Waals surface area contributed by atoms with Gasteiger partial charge < -0.3 is 15.1 Å². The Morgan fingerprint density at radius 1 is 1.27 bits per heavy atom. The van der Waals surface area contributed by atoms with Crippen LogP contribution < -0.4 is 5.32 Å². The highest BCUT2D eigenvalue weighted by molar-refractivity contribution is 5.73. The summed E-state index contributed by atoms with van der Waals surface area (Å²) in [5.41, 5.74) is 3.42. The van der Waals surface area contributed by atoms with Gasteiger partial charge in [-0.2, -0.15) is 0 Å². The van der Waals surface area contributed by atoms with Crippen LogP contribution in [0.15, 0.2) is 24.3 Å². The van der Waals surface area contributed by atoms with Crippen LogP contribution in [0, 0.1) is 5.92 Å². The number of nitrogens with one attached hydrogen (secondary N) is 1. The molecule has 1 N–H and O–H groups in total. The van der Waals surface area contributed by atoms with Crippen molar-refractivity contribution in [1.29, 1.82) is 0 Å². The lowest BCUT2D eigenvalue weighted by Gasteiger charge is -2.20. The summed E-state index contributed by atoms with van der Waals surface area (Å²) in [6, 6.07) is 8.88. The zero-order chi connectivity index (χ0) is 15.7. The van der Waals surface area contributed by atoms with E-state index in [0.717, 1.165) is 19.6 Å². The third-order valence-electron chi connectivity index (χ3n) is 5.36. The molecule has 1 spiro atoms. The Balaban J connectivity index is 1.50. The van der Waals surface area contributed by atoms with Crippen molar-refractivity contribution in [2.75, 3.05) is 40.8 Å². The first-order valence-electron chi connectivity index (χ1n) is 8.25. The molecule has 3 rings (SSSR count). The lowest BCUT2D eigenvalue weighted by atomic mass is 9.95. The van der Waals surface area contributed by atoms with Gasteiger partial charge in [-0.3, -0.25) is 0 Å². The van der Waals surface area contributed by atoms with Crippen LogP contribution in [-0.2, 0) is 11.8 Å². The predicted molar refractivity (Wildman–Crippen MR) is 89.1 cm³/mol. The van der Waals surface area contributed by atoms with Gasteiger partial charge in [0.2, 0.25) is 0 Å². The molecule has 0 unspecified atom stereocenters. The molecule has 2 aliphatic rings. The lowest BCUT2D eigenvalue weighted by molar-refractivity contribution is 0.203. The highest BCUT2D eigenvalue weighted by Crippen LogP contribution is 2.61. The van der Waals surface area contributed by atoms with Crippen molar-refractivity contribution in [2.24, 2.45) is 5.92 Å². The van der Waals surface area contributed by atoms with Crippen LogP contribution in [0.4, 0.5) is 4.79 Å². The summed E-state index contributed by atoms with van der Waals surface area (Å²) in [7, 11) is 5.92. The molecular formula is C18H27N3O. The molecule has 120 valence electrons. The predicted octanol–water partition coefficient (Wildman–Crippen LogP) is 2.09. The number of likely N-dealkylation sites (N-methyl/N-ethyl adjacent to an activating group) is 2. The molecule has 0 saturated heterocycles. The summed E-state index contributed by atoms with van der Waals surface area (Å²) in [6.07, 6.45) is 3.68. The molecule has 0 radical (unpaired) electrons. The number of carbonyl (C=O) groups is 1. The highest BCUT2D eigenvalue weighted by atomic mass is 16.2. The molecule has 0 heterocycles. The van der Waals surface area contributed by atoms with E-state index in [9.17, 15) is 4.79 Å². The van der Waals surface area contributed by atoms with Gasteiger partial charge in [0.05, 0.1) is 0 Å². The zero-order valence-electron chi connectivity index (χ0n) is 13.9. The fourth-order valence-electron chi connectivity index (χ4n) is 3.80. The number of nitrogens with zero attached hydrogens (tertiary/aromatic N) is 2. The van der Waals surface area contributed by atoms with Gasteiger partial charge in [-0.1, -0.05) is 24.3 Å². The Bertz CT molecular complexity index is 557. The Labute approximate surface area is 133 Å². The molecule has 22 heavy (non-hydrogen) atoms. The third kappa shape index (κ3) is 2.84. The minimum absolute atomic E-state index is 0.0511. The summed E-state index contributed by atoms with van der Waals surface area (Å²) < 4.78 is 0.